The van der Waals surface area contributed by atoms with Crippen LogP contribution in [0.5, 0.6) is 0 Å². The summed E-state index contributed by atoms with van der Waals surface area (Å²) in [6.07, 6.45) is 1.71. The summed E-state index contributed by atoms with van der Waals surface area (Å²) >= 11 is 0. The predicted molar refractivity (Wildman–Crippen MR) is 92.2 cm³/mol. The van der Waals surface area contributed by atoms with Crippen LogP contribution in [0.25, 0.3) is 0 Å². The Morgan fingerprint density at radius 1 is 1.28 bits per heavy atom. The van der Waals surface area contributed by atoms with Gasteiger partial charge in [-0.05, 0) is 25.1 Å². The van der Waals surface area contributed by atoms with E-state index in [9.17, 15) is 14.7 Å². The van der Waals surface area contributed by atoms with Crippen LogP contribution in [-0.2, 0) is 16.6 Å². The van der Waals surface area contributed by atoms with Crippen molar-refractivity contribution in [2.24, 2.45) is 12.1 Å². The van der Waals surface area contributed by atoms with Gasteiger partial charge in [0.25, 0.3) is 0 Å². The number of aliphatic carboxylic acids is 1. The Labute approximate surface area is 144 Å². The molecule has 25 heavy (non-hydrogen) atoms. The van der Waals surface area contributed by atoms with E-state index in [2.05, 4.69) is 15.5 Å². The molecular formula is C17H19N5O3. The number of hydrogen-bond acceptors (Lipinski definition) is 5. The van der Waals surface area contributed by atoms with Crippen LogP contribution < -0.4 is 10.3 Å². The number of carboxylic acids is 1. The van der Waals surface area contributed by atoms with Gasteiger partial charge in [-0.15, -0.1) is 0 Å². The largest absolute Gasteiger partial charge is 0.477 e. The average Bonchev–Trinajstić information content (AvgIpc) is 3.22. The fourth-order valence-corrected chi connectivity index (χ4v) is 2.85. The third-order valence-corrected chi connectivity index (χ3v) is 4.14. The van der Waals surface area contributed by atoms with Crippen molar-refractivity contribution in [2.45, 2.75) is 25.4 Å². The van der Waals surface area contributed by atoms with Gasteiger partial charge in [-0.3, -0.25) is 14.5 Å². The van der Waals surface area contributed by atoms with Gasteiger partial charge in [0.05, 0.1) is 17.4 Å². The molecule has 0 saturated heterocycles. The smallest absolute Gasteiger partial charge is 0.352 e. The van der Waals surface area contributed by atoms with E-state index < -0.39 is 12.0 Å². The maximum absolute atomic E-state index is 12.8. The fourth-order valence-electron chi connectivity index (χ4n) is 2.85. The number of hydrogen-bond donors (Lipinski definition) is 2. The molecule has 130 valence electrons. The second-order valence-corrected chi connectivity index (χ2v) is 5.86. The van der Waals surface area contributed by atoms with Gasteiger partial charge < -0.3 is 10.4 Å². The minimum atomic E-state index is -1.11. The molecule has 1 aromatic heterocycles. The van der Waals surface area contributed by atoms with Crippen LogP contribution >= 0.6 is 0 Å². The number of benzene rings is 1. The normalized spacial score (nSPS) is 17.9. The number of rotatable bonds is 5. The first-order chi connectivity index (χ1) is 12.0. The lowest BCUT2D eigenvalue weighted by Crippen LogP contribution is -2.44. The molecule has 8 nitrogen and oxygen atoms in total. The van der Waals surface area contributed by atoms with E-state index in [1.807, 2.05) is 31.2 Å². The Balaban J connectivity index is 1.81. The predicted octanol–water partition coefficient (Wildman–Crippen LogP) is 1.32. The number of carbonyl (C=O) groups is 2. The van der Waals surface area contributed by atoms with Crippen LogP contribution in [-0.4, -0.2) is 38.5 Å². The van der Waals surface area contributed by atoms with Crippen LogP contribution in [0.4, 0.5) is 5.69 Å². The van der Waals surface area contributed by atoms with Crippen molar-refractivity contribution in [1.82, 2.24) is 15.1 Å². The standard InChI is InChI=1S/C17H19N5O3/c1-11(14-8-9-18-21(14)2)19-16(23)15-10-13(17(24)25)20-22(15)12-6-4-3-5-7-12/h3-9,11,15H,10H2,1-2H3,(H,19,23)(H,24,25)/t11-,15?/m1/s1. The van der Waals surface area contributed by atoms with Crippen LogP contribution in [0.1, 0.15) is 25.1 Å². The van der Waals surface area contributed by atoms with Gasteiger partial charge in [0.1, 0.15) is 11.8 Å². The molecule has 8 heteroatoms. The van der Waals surface area contributed by atoms with E-state index in [1.165, 1.54) is 5.01 Å². The molecule has 0 fully saturated rings. The van der Waals surface area contributed by atoms with Gasteiger partial charge in [0.15, 0.2) is 0 Å². The minimum absolute atomic E-state index is 0.0304. The molecule has 1 aromatic carbocycles. The molecule has 0 saturated carbocycles. The van der Waals surface area contributed by atoms with Crippen LogP contribution in [0.15, 0.2) is 47.7 Å². The van der Waals surface area contributed by atoms with Gasteiger partial charge in [0.2, 0.25) is 5.91 Å². The summed E-state index contributed by atoms with van der Waals surface area (Å²) in [6, 6.07) is 9.93. The highest BCUT2D eigenvalue weighted by Crippen LogP contribution is 2.25. The molecule has 0 bridgehead atoms. The molecule has 1 aliphatic rings. The Kier molecular flexibility index (Phi) is 4.51. The second-order valence-electron chi connectivity index (χ2n) is 5.86. The molecule has 0 spiro atoms. The molecule has 1 amide bonds. The van der Waals surface area contributed by atoms with Crippen molar-refractivity contribution in [2.75, 3.05) is 5.01 Å². The monoisotopic (exact) mass is 341 g/mol. The molecule has 2 atom stereocenters. The maximum Gasteiger partial charge on any atom is 0.352 e. The Morgan fingerprint density at radius 3 is 2.60 bits per heavy atom. The molecule has 2 N–H and O–H groups in total. The van der Waals surface area contributed by atoms with E-state index in [-0.39, 0.29) is 24.1 Å². The molecule has 0 aliphatic carbocycles. The lowest BCUT2D eigenvalue weighted by molar-refractivity contribution is -0.129. The lowest BCUT2D eigenvalue weighted by Gasteiger charge is -2.24. The van der Waals surface area contributed by atoms with Gasteiger partial charge in [-0.2, -0.15) is 10.2 Å². The van der Waals surface area contributed by atoms with E-state index in [1.54, 1.807) is 30.1 Å². The van der Waals surface area contributed by atoms with E-state index >= 15 is 0 Å². The zero-order valence-electron chi connectivity index (χ0n) is 14.0. The van der Waals surface area contributed by atoms with Gasteiger partial charge >= 0.3 is 5.97 Å². The first-order valence-electron chi connectivity index (χ1n) is 7.90. The third-order valence-electron chi connectivity index (χ3n) is 4.14. The second kappa shape index (κ2) is 6.76. The fraction of sp³-hybridized carbons (Fsp3) is 0.294. The van der Waals surface area contributed by atoms with Crippen LogP contribution in [0, 0.1) is 0 Å². The van der Waals surface area contributed by atoms with Gasteiger partial charge in [-0.25, -0.2) is 4.79 Å². The highest BCUT2D eigenvalue weighted by atomic mass is 16.4. The summed E-state index contributed by atoms with van der Waals surface area (Å²) in [5, 5.41) is 21.8. The van der Waals surface area contributed by atoms with Crippen molar-refractivity contribution in [3.63, 3.8) is 0 Å². The molecular weight excluding hydrogens is 322 g/mol. The summed E-state index contributed by atoms with van der Waals surface area (Å²) in [7, 11) is 1.80. The molecule has 2 aromatic rings. The molecule has 1 aliphatic heterocycles. The zero-order valence-corrected chi connectivity index (χ0v) is 14.0. The van der Waals surface area contributed by atoms with Crippen LogP contribution in [0.2, 0.25) is 0 Å². The number of amides is 1. The van der Waals surface area contributed by atoms with Gasteiger partial charge in [-0.1, -0.05) is 18.2 Å². The number of hydrazone groups is 1. The first-order valence-corrected chi connectivity index (χ1v) is 7.90. The number of nitrogens with zero attached hydrogens (tertiary/aromatic N) is 4. The molecule has 2 heterocycles. The van der Waals surface area contributed by atoms with E-state index in [0.29, 0.717) is 5.69 Å². The quantitative estimate of drug-likeness (QED) is 0.854. The number of nitrogens with one attached hydrogen (secondary N) is 1. The first kappa shape index (κ1) is 16.7. The SMILES string of the molecule is C[C@@H](NC(=O)C1CC(C(=O)O)=NN1c1ccccc1)c1ccnn1C. The number of anilines is 1. The number of aryl methyl sites for hydroxylation is 1. The maximum atomic E-state index is 12.8. The lowest BCUT2D eigenvalue weighted by atomic mass is 10.1. The van der Waals surface area contributed by atoms with Crippen molar-refractivity contribution in [1.29, 1.82) is 0 Å². The Bertz CT molecular complexity index is 815. The summed E-state index contributed by atoms with van der Waals surface area (Å²) in [5.74, 6) is -1.39. The average molecular weight is 341 g/mol. The number of para-hydroxylation sites is 1. The third kappa shape index (κ3) is 3.37. The van der Waals surface area contributed by atoms with Gasteiger partial charge in [0, 0.05) is 19.7 Å². The Morgan fingerprint density at radius 2 is 2.00 bits per heavy atom. The summed E-state index contributed by atoms with van der Waals surface area (Å²) < 4.78 is 1.69. The number of carbonyl (C=O) groups excluding carboxylic acids is 1. The Hall–Kier alpha value is -3.16. The minimum Gasteiger partial charge on any atom is -0.477 e. The zero-order chi connectivity index (χ0) is 18.0. The number of aromatic nitrogens is 2. The summed E-state index contributed by atoms with van der Waals surface area (Å²) in [6.45, 7) is 1.86. The highest BCUT2D eigenvalue weighted by Gasteiger charge is 2.36. The van der Waals surface area contributed by atoms with E-state index in [4.69, 9.17) is 0 Å². The van der Waals surface area contributed by atoms with Crippen molar-refractivity contribution in [3.05, 3.63) is 48.3 Å². The highest BCUT2D eigenvalue weighted by molar-refractivity contribution is 6.37. The van der Waals surface area contributed by atoms with E-state index in [0.717, 1.165) is 5.69 Å². The van der Waals surface area contributed by atoms with Crippen LogP contribution in [0.3, 0.4) is 0 Å². The van der Waals surface area contributed by atoms with Crippen molar-refractivity contribution >= 4 is 23.3 Å². The summed E-state index contributed by atoms with van der Waals surface area (Å²) in [4.78, 5) is 24.1. The number of carboxylic acid groups (broad SMARTS) is 1. The van der Waals surface area contributed by atoms with Crippen molar-refractivity contribution < 1.29 is 14.7 Å². The topological polar surface area (TPSA) is 99.8 Å². The molecule has 0 radical (unpaired) electrons. The van der Waals surface area contributed by atoms with Crippen molar-refractivity contribution in [3.8, 4) is 0 Å². The molecule has 3 rings (SSSR count). The summed E-state index contributed by atoms with van der Waals surface area (Å²) in [5.41, 5.74) is 1.50. The molecule has 1 unspecified atom stereocenters.